The number of hydrogen-bond acceptors (Lipinski definition) is 3. The maximum absolute atomic E-state index is 12.4. The van der Waals surface area contributed by atoms with Crippen LogP contribution >= 0.6 is 0 Å². The Labute approximate surface area is 115 Å². The molecule has 1 N–H and O–H groups in total. The molecule has 0 aromatic carbocycles. The zero-order chi connectivity index (χ0) is 14.8. The summed E-state index contributed by atoms with van der Waals surface area (Å²) < 4.78 is 37.1. The Balaban J connectivity index is 1.82. The van der Waals surface area contributed by atoms with Crippen molar-refractivity contribution in [2.24, 2.45) is 5.92 Å². The number of nitrogens with zero attached hydrogens (tertiary/aromatic N) is 2. The lowest BCUT2D eigenvalue weighted by Crippen LogP contribution is -2.39. The quantitative estimate of drug-likeness (QED) is 0.846. The first kappa shape index (κ1) is 14.8. The third-order valence-electron chi connectivity index (χ3n) is 3.18. The molecule has 0 bridgehead atoms. The molecule has 1 fully saturated rings. The van der Waals surface area contributed by atoms with Crippen LogP contribution in [0.15, 0.2) is 18.3 Å². The molecule has 1 aliphatic carbocycles. The Morgan fingerprint density at radius 2 is 2.15 bits per heavy atom. The second-order valence-electron chi connectivity index (χ2n) is 4.97. The van der Waals surface area contributed by atoms with E-state index in [1.165, 1.54) is 11.1 Å². The van der Waals surface area contributed by atoms with Crippen molar-refractivity contribution in [3.63, 3.8) is 0 Å². The van der Waals surface area contributed by atoms with E-state index in [1.807, 2.05) is 0 Å². The maximum atomic E-state index is 12.4. The molecular formula is C13H16F3N3O. The molecule has 1 heterocycles. The monoisotopic (exact) mass is 287 g/mol. The van der Waals surface area contributed by atoms with Gasteiger partial charge in [0.2, 0.25) is 5.91 Å². The first-order chi connectivity index (χ1) is 9.36. The highest BCUT2D eigenvalue weighted by Crippen LogP contribution is 2.32. The third kappa shape index (κ3) is 4.19. The SMILES string of the molecule is CN(NCc1ccc(C(F)(F)F)cn1)C(=O)CC1CC1. The summed E-state index contributed by atoms with van der Waals surface area (Å²) in [7, 11) is 1.61. The predicted octanol–water partition coefficient (Wildman–Crippen LogP) is 2.36. The zero-order valence-corrected chi connectivity index (χ0v) is 11.1. The molecule has 0 atom stereocenters. The zero-order valence-electron chi connectivity index (χ0n) is 11.1. The van der Waals surface area contributed by atoms with Crippen LogP contribution in [0, 0.1) is 5.92 Å². The molecule has 110 valence electrons. The predicted molar refractivity (Wildman–Crippen MR) is 66.2 cm³/mol. The Kier molecular flexibility index (Phi) is 4.27. The normalized spacial score (nSPS) is 15.2. The summed E-state index contributed by atoms with van der Waals surface area (Å²) in [6.45, 7) is 0.213. The van der Waals surface area contributed by atoms with Gasteiger partial charge in [0.15, 0.2) is 0 Å². The summed E-state index contributed by atoms with van der Waals surface area (Å²) in [5.74, 6) is 0.482. The Bertz CT molecular complexity index is 469. The smallest absolute Gasteiger partial charge is 0.281 e. The Morgan fingerprint density at radius 1 is 1.45 bits per heavy atom. The third-order valence-corrected chi connectivity index (χ3v) is 3.18. The van der Waals surface area contributed by atoms with Crippen molar-refractivity contribution in [3.8, 4) is 0 Å². The van der Waals surface area contributed by atoms with Crippen molar-refractivity contribution >= 4 is 5.91 Å². The number of hydrogen-bond donors (Lipinski definition) is 1. The van der Waals surface area contributed by atoms with Crippen LogP contribution in [0.4, 0.5) is 13.2 Å². The summed E-state index contributed by atoms with van der Waals surface area (Å²) in [6, 6.07) is 2.28. The van der Waals surface area contributed by atoms with E-state index in [4.69, 9.17) is 0 Å². The Morgan fingerprint density at radius 3 is 2.65 bits per heavy atom. The lowest BCUT2D eigenvalue weighted by molar-refractivity contribution is -0.137. The van der Waals surface area contributed by atoms with Crippen molar-refractivity contribution in [2.75, 3.05) is 7.05 Å². The van der Waals surface area contributed by atoms with E-state index in [0.29, 0.717) is 18.0 Å². The molecule has 4 nitrogen and oxygen atoms in total. The molecule has 7 heteroatoms. The molecule has 2 rings (SSSR count). The minimum atomic E-state index is -4.38. The number of nitrogens with one attached hydrogen (secondary N) is 1. The molecule has 0 spiro atoms. The first-order valence-corrected chi connectivity index (χ1v) is 6.38. The highest BCUT2D eigenvalue weighted by Gasteiger charge is 2.30. The van der Waals surface area contributed by atoms with Gasteiger partial charge >= 0.3 is 6.18 Å². The van der Waals surface area contributed by atoms with Crippen LogP contribution in [-0.4, -0.2) is 22.9 Å². The number of hydrazine groups is 1. The molecule has 1 aromatic rings. The lowest BCUT2D eigenvalue weighted by atomic mass is 10.2. The molecular weight excluding hydrogens is 271 g/mol. The van der Waals surface area contributed by atoms with Crippen LogP contribution in [0.3, 0.4) is 0 Å². The molecule has 0 saturated heterocycles. The summed E-state index contributed by atoms with van der Waals surface area (Å²) in [5, 5.41) is 1.37. The van der Waals surface area contributed by atoms with Crippen LogP contribution in [-0.2, 0) is 17.5 Å². The second kappa shape index (κ2) is 5.78. The molecule has 0 radical (unpaired) electrons. The van der Waals surface area contributed by atoms with Gasteiger partial charge in [-0.1, -0.05) is 0 Å². The van der Waals surface area contributed by atoms with Crippen molar-refractivity contribution in [1.82, 2.24) is 15.4 Å². The average molecular weight is 287 g/mol. The van der Waals surface area contributed by atoms with Gasteiger partial charge in [-0.05, 0) is 30.9 Å². The summed E-state index contributed by atoms with van der Waals surface area (Å²) in [6.07, 6.45) is -0.872. The van der Waals surface area contributed by atoms with E-state index in [9.17, 15) is 18.0 Å². The van der Waals surface area contributed by atoms with Gasteiger partial charge < -0.3 is 0 Å². The topological polar surface area (TPSA) is 45.2 Å². The number of pyridine rings is 1. The van der Waals surface area contributed by atoms with E-state index >= 15 is 0 Å². The highest BCUT2D eigenvalue weighted by molar-refractivity contribution is 5.75. The van der Waals surface area contributed by atoms with Gasteiger partial charge in [0.05, 0.1) is 17.8 Å². The fraction of sp³-hybridized carbons (Fsp3) is 0.538. The molecule has 1 aliphatic rings. The number of alkyl halides is 3. The lowest BCUT2D eigenvalue weighted by Gasteiger charge is -2.18. The summed E-state index contributed by atoms with van der Waals surface area (Å²) >= 11 is 0. The molecule has 0 unspecified atom stereocenters. The fourth-order valence-electron chi connectivity index (χ4n) is 1.69. The Hall–Kier alpha value is -1.63. The van der Waals surface area contributed by atoms with E-state index < -0.39 is 11.7 Å². The average Bonchev–Trinajstić information content (AvgIpc) is 3.19. The van der Waals surface area contributed by atoms with Gasteiger partial charge in [0.25, 0.3) is 0 Å². The number of rotatable bonds is 5. The summed E-state index contributed by atoms with van der Waals surface area (Å²) in [5.41, 5.74) is 2.50. The fourth-order valence-corrected chi connectivity index (χ4v) is 1.69. The minimum absolute atomic E-state index is 0.0144. The van der Waals surface area contributed by atoms with Crippen molar-refractivity contribution in [3.05, 3.63) is 29.6 Å². The molecule has 1 amide bonds. The molecule has 0 aliphatic heterocycles. The highest BCUT2D eigenvalue weighted by atomic mass is 19.4. The molecule has 1 saturated carbocycles. The van der Waals surface area contributed by atoms with Crippen molar-refractivity contribution in [2.45, 2.75) is 32.0 Å². The largest absolute Gasteiger partial charge is 0.417 e. The second-order valence-corrected chi connectivity index (χ2v) is 4.97. The first-order valence-electron chi connectivity index (χ1n) is 6.38. The van der Waals surface area contributed by atoms with Gasteiger partial charge in [-0.2, -0.15) is 13.2 Å². The standard InChI is InChI=1S/C13H16F3N3O/c1-19(12(20)6-9-2-3-9)18-8-11-5-4-10(7-17-11)13(14,15)16/h4-5,7,9,18H,2-3,6,8H2,1H3. The van der Waals surface area contributed by atoms with Gasteiger partial charge in [0, 0.05) is 19.7 Å². The van der Waals surface area contributed by atoms with Gasteiger partial charge in [0.1, 0.15) is 0 Å². The van der Waals surface area contributed by atoms with Gasteiger partial charge in [-0.25, -0.2) is 5.43 Å². The van der Waals surface area contributed by atoms with Crippen LogP contribution in [0.5, 0.6) is 0 Å². The van der Waals surface area contributed by atoms with E-state index in [1.54, 1.807) is 7.05 Å². The number of amides is 1. The maximum Gasteiger partial charge on any atom is 0.417 e. The minimum Gasteiger partial charge on any atom is -0.281 e. The summed E-state index contributed by atoms with van der Waals surface area (Å²) in [4.78, 5) is 15.4. The van der Waals surface area contributed by atoms with Crippen molar-refractivity contribution < 1.29 is 18.0 Å². The van der Waals surface area contributed by atoms with Crippen LogP contribution < -0.4 is 5.43 Å². The van der Waals surface area contributed by atoms with Crippen LogP contribution in [0.1, 0.15) is 30.5 Å². The number of carbonyl (C=O) groups excluding carboxylic acids is 1. The number of halogens is 3. The van der Waals surface area contributed by atoms with Gasteiger partial charge in [-0.15, -0.1) is 0 Å². The molecule has 20 heavy (non-hydrogen) atoms. The van der Waals surface area contributed by atoms with E-state index in [0.717, 1.165) is 25.1 Å². The number of aromatic nitrogens is 1. The van der Waals surface area contributed by atoms with E-state index in [-0.39, 0.29) is 12.5 Å². The van der Waals surface area contributed by atoms with Crippen molar-refractivity contribution in [1.29, 1.82) is 0 Å². The number of carbonyl (C=O) groups is 1. The van der Waals surface area contributed by atoms with Gasteiger partial charge in [-0.3, -0.25) is 14.8 Å². The van der Waals surface area contributed by atoms with Crippen LogP contribution in [0.2, 0.25) is 0 Å². The molecule has 1 aromatic heterocycles. The van der Waals surface area contributed by atoms with Crippen LogP contribution in [0.25, 0.3) is 0 Å². The van der Waals surface area contributed by atoms with E-state index in [2.05, 4.69) is 10.4 Å².